The van der Waals surface area contributed by atoms with Crippen molar-refractivity contribution in [1.29, 1.82) is 0 Å². The van der Waals surface area contributed by atoms with Gasteiger partial charge in [0.2, 0.25) is 5.82 Å². The van der Waals surface area contributed by atoms with E-state index in [-0.39, 0.29) is 11.7 Å². The fourth-order valence-electron chi connectivity index (χ4n) is 4.01. The van der Waals surface area contributed by atoms with Crippen molar-refractivity contribution in [2.24, 2.45) is 0 Å². The van der Waals surface area contributed by atoms with Crippen LogP contribution in [0, 0.1) is 13.8 Å². The summed E-state index contributed by atoms with van der Waals surface area (Å²) < 4.78 is 5.24. The van der Waals surface area contributed by atoms with Crippen molar-refractivity contribution in [3.05, 3.63) is 34.6 Å². The first-order valence-corrected chi connectivity index (χ1v) is 10.4. The van der Waals surface area contributed by atoms with E-state index in [1.54, 1.807) is 20.4 Å². The van der Waals surface area contributed by atoms with Crippen LogP contribution < -0.4 is 10.2 Å². The molecule has 0 spiro atoms. The fourth-order valence-corrected chi connectivity index (χ4v) is 4.01. The summed E-state index contributed by atoms with van der Waals surface area (Å²) in [4.78, 5) is 25.1. The van der Waals surface area contributed by atoms with E-state index in [0.29, 0.717) is 12.0 Å². The van der Waals surface area contributed by atoms with Crippen molar-refractivity contribution in [2.45, 2.75) is 58.0 Å². The molecular formula is C21H30N6O2. The predicted molar refractivity (Wildman–Crippen MR) is 110 cm³/mol. The number of carbonyl (C=O) groups is 1. The van der Waals surface area contributed by atoms with Crippen LogP contribution in [-0.4, -0.2) is 59.2 Å². The molecule has 3 heterocycles. The quantitative estimate of drug-likeness (QED) is 0.799. The summed E-state index contributed by atoms with van der Waals surface area (Å²) >= 11 is 0. The molecule has 1 aliphatic heterocycles. The van der Waals surface area contributed by atoms with Gasteiger partial charge in [0.15, 0.2) is 0 Å². The summed E-state index contributed by atoms with van der Waals surface area (Å²) in [6.45, 7) is 6.50. The second-order valence-electron chi connectivity index (χ2n) is 8.45. The van der Waals surface area contributed by atoms with Gasteiger partial charge in [-0.15, -0.1) is 0 Å². The lowest BCUT2D eigenvalue weighted by Gasteiger charge is -2.24. The third-order valence-electron chi connectivity index (χ3n) is 6.20. The minimum atomic E-state index is -0.167. The van der Waals surface area contributed by atoms with Crippen LogP contribution in [0.3, 0.4) is 0 Å². The monoisotopic (exact) mass is 398 g/mol. The smallest absolute Gasteiger partial charge is 0.291 e. The molecule has 1 N–H and O–H groups in total. The number of anilines is 1. The van der Waals surface area contributed by atoms with Crippen LogP contribution in [0.1, 0.15) is 64.7 Å². The average Bonchev–Trinajstić information content (AvgIpc) is 3.29. The molecule has 2 aromatic rings. The van der Waals surface area contributed by atoms with E-state index >= 15 is 0 Å². The third kappa shape index (κ3) is 3.99. The molecule has 1 aliphatic carbocycles. The highest BCUT2D eigenvalue weighted by molar-refractivity contribution is 5.90. The maximum absolute atomic E-state index is 12.3. The second-order valence-corrected chi connectivity index (χ2v) is 8.45. The maximum Gasteiger partial charge on any atom is 0.291 e. The molecule has 0 bridgehead atoms. The third-order valence-corrected chi connectivity index (χ3v) is 6.20. The molecular weight excluding hydrogens is 368 g/mol. The largest absolute Gasteiger partial charge is 0.364 e. The first kappa shape index (κ1) is 19.8. The molecule has 2 fully saturated rings. The molecule has 8 nitrogen and oxygen atoms in total. The van der Waals surface area contributed by atoms with Crippen LogP contribution in [-0.2, 0) is 6.54 Å². The molecule has 156 valence electrons. The number of aromatic nitrogens is 3. The molecule has 2 aliphatic rings. The summed E-state index contributed by atoms with van der Waals surface area (Å²) in [5.41, 5.74) is 4.20. The topological polar surface area (TPSA) is 87.4 Å². The van der Waals surface area contributed by atoms with Crippen LogP contribution in [0.4, 0.5) is 5.82 Å². The molecule has 4 rings (SSSR count). The van der Waals surface area contributed by atoms with Gasteiger partial charge in [-0.2, -0.15) is 0 Å². The second kappa shape index (κ2) is 8.10. The van der Waals surface area contributed by atoms with E-state index in [1.165, 1.54) is 29.7 Å². The standard InChI is InChI=1S/C21H30N6O2/c1-13-14(2)23-19(21(28)26(3)4)24-20(13)27-9-8-17(11-27)22-10-16-12-29-25-18(16)15-6-5-7-15/h12,15,17,22H,5-11H2,1-4H3/t17-/m1/s1. The zero-order chi connectivity index (χ0) is 20.5. The molecule has 1 saturated heterocycles. The van der Waals surface area contributed by atoms with Crippen LogP contribution in [0.15, 0.2) is 10.8 Å². The molecule has 1 saturated carbocycles. The molecule has 0 unspecified atom stereocenters. The number of hydrogen-bond donors (Lipinski definition) is 1. The highest BCUT2D eigenvalue weighted by Gasteiger charge is 2.28. The van der Waals surface area contributed by atoms with Crippen molar-refractivity contribution in [3.8, 4) is 0 Å². The summed E-state index contributed by atoms with van der Waals surface area (Å²) in [6, 6.07) is 0.363. The number of rotatable bonds is 6. The predicted octanol–water partition coefficient (Wildman–Crippen LogP) is 2.42. The van der Waals surface area contributed by atoms with Gasteiger partial charge >= 0.3 is 0 Å². The highest BCUT2D eigenvalue weighted by atomic mass is 16.5. The number of nitrogens with zero attached hydrogens (tertiary/aromatic N) is 5. The summed E-state index contributed by atoms with van der Waals surface area (Å²) in [5.74, 6) is 1.54. The molecule has 29 heavy (non-hydrogen) atoms. The minimum Gasteiger partial charge on any atom is -0.364 e. The molecule has 1 atom stereocenters. The Bertz CT molecular complexity index is 889. The van der Waals surface area contributed by atoms with E-state index < -0.39 is 0 Å². The first-order chi connectivity index (χ1) is 13.9. The molecule has 8 heteroatoms. The number of hydrogen-bond acceptors (Lipinski definition) is 7. The average molecular weight is 399 g/mol. The molecule has 2 aromatic heterocycles. The summed E-state index contributed by atoms with van der Waals surface area (Å²) in [7, 11) is 3.44. The lowest BCUT2D eigenvalue weighted by molar-refractivity contribution is 0.0815. The number of amides is 1. The van der Waals surface area contributed by atoms with Gasteiger partial charge in [-0.05, 0) is 33.1 Å². The Kier molecular flexibility index (Phi) is 5.54. The van der Waals surface area contributed by atoms with Crippen molar-refractivity contribution >= 4 is 11.7 Å². The number of aryl methyl sites for hydroxylation is 1. The minimum absolute atomic E-state index is 0.167. The van der Waals surface area contributed by atoms with E-state index in [9.17, 15) is 4.79 Å². The van der Waals surface area contributed by atoms with E-state index in [0.717, 1.165) is 48.8 Å². The van der Waals surface area contributed by atoms with Crippen molar-refractivity contribution in [1.82, 2.24) is 25.3 Å². The van der Waals surface area contributed by atoms with Crippen LogP contribution in [0.25, 0.3) is 0 Å². The molecule has 0 aromatic carbocycles. The van der Waals surface area contributed by atoms with Gasteiger partial charge in [-0.25, -0.2) is 9.97 Å². The van der Waals surface area contributed by atoms with Gasteiger partial charge in [-0.3, -0.25) is 4.79 Å². The Labute approximate surface area is 171 Å². The lowest BCUT2D eigenvalue weighted by Crippen LogP contribution is -2.33. The zero-order valence-electron chi connectivity index (χ0n) is 17.7. The Morgan fingerprint density at radius 3 is 2.76 bits per heavy atom. The number of carbonyl (C=O) groups excluding carboxylic acids is 1. The van der Waals surface area contributed by atoms with Gasteiger partial charge < -0.3 is 19.6 Å². The summed E-state index contributed by atoms with van der Waals surface area (Å²) in [5, 5.41) is 7.89. The maximum atomic E-state index is 12.3. The zero-order valence-corrected chi connectivity index (χ0v) is 17.7. The van der Waals surface area contributed by atoms with Crippen LogP contribution in [0.5, 0.6) is 0 Å². The van der Waals surface area contributed by atoms with E-state index in [2.05, 4.69) is 25.3 Å². The number of nitrogens with one attached hydrogen (secondary N) is 1. The Morgan fingerprint density at radius 1 is 1.28 bits per heavy atom. The molecule has 0 radical (unpaired) electrons. The first-order valence-electron chi connectivity index (χ1n) is 10.4. The Hall–Kier alpha value is -2.48. The SMILES string of the molecule is Cc1nc(C(=O)N(C)C)nc(N2CC[C@@H](NCc3conc3C3CCC3)C2)c1C. The van der Waals surface area contributed by atoms with Crippen LogP contribution >= 0.6 is 0 Å². The van der Waals surface area contributed by atoms with Gasteiger partial charge in [0.25, 0.3) is 5.91 Å². The lowest BCUT2D eigenvalue weighted by atomic mass is 9.81. The molecule has 1 amide bonds. The van der Waals surface area contributed by atoms with E-state index in [1.807, 2.05) is 13.8 Å². The van der Waals surface area contributed by atoms with Gasteiger partial charge in [0, 0.05) is 62.5 Å². The van der Waals surface area contributed by atoms with E-state index in [4.69, 9.17) is 4.52 Å². The van der Waals surface area contributed by atoms with Crippen LogP contribution in [0.2, 0.25) is 0 Å². The van der Waals surface area contributed by atoms with Crippen molar-refractivity contribution < 1.29 is 9.32 Å². The summed E-state index contributed by atoms with van der Waals surface area (Å²) in [6.07, 6.45) is 6.54. The Balaban J connectivity index is 1.42. The van der Waals surface area contributed by atoms with Crippen molar-refractivity contribution in [3.63, 3.8) is 0 Å². The normalized spacial score (nSPS) is 19.4. The highest BCUT2D eigenvalue weighted by Crippen LogP contribution is 2.37. The van der Waals surface area contributed by atoms with Gasteiger partial charge in [0.05, 0.1) is 5.69 Å². The van der Waals surface area contributed by atoms with Crippen molar-refractivity contribution in [2.75, 3.05) is 32.1 Å². The van der Waals surface area contributed by atoms with Gasteiger partial charge in [0.1, 0.15) is 12.1 Å². The van der Waals surface area contributed by atoms with Gasteiger partial charge in [-0.1, -0.05) is 11.6 Å². The Morgan fingerprint density at radius 2 is 2.07 bits per heavy atom. The fraction of sp³-hybridized carbons (Fsp3) is 0.619.